The summed E-state index contributed by atoms with van der Waals surface area (Å²) in [5.74, 6) is -1.12. The van der Waals surface area contributed by atoms with Gasteiger partial charge in [0.15, 0.2) is 0 Å². The number of aromatic nitrogens is 1. The molecule has 2 amide bonds. The van der Waals surface area contributed by atoms with Gasteiger partial charge < -0.3 is 4.57 Å². The van der Waals surface area contributed by atoms with Crippen LogP contribution < -0.4 is 4.90 Å². The van der Waals surface area contributed by atoms with Crippen molar-refractivity contribution in [3.05, 3.63) is 64.3 Å². The third-order valence-corrected chi connectivity index (χ3v) is 5.22. The Morgan fingerprint density at radius 1 is 1.00 bits per heavy atom. The molecule has 1 atom stereocenters. The number of carbonyl (C=O) groups excluding carboxylic acids is 2. The first-order valence-corrected chi connectivity index (χ1v) is 8.59. The summed E-state index contributed by atoms with van der Waals surface area (Å²) in [5, 5.41) is 1.55. The van der Waals surface area contributed by atoms with E-state index < -0.39 is 5.92 Å². The number of hydrogen-bond donors (Lipinski definition) is 0. The molecule has 4 rings (SSSR count). The fourth-order valence-corrected chi connectivity index (χ4v) is 4.03. The van der Waals surface area contributed by atoms with Crippen LogP contribution in [0.5, 0.6) is 0 Å². The molecule has 126 valence electrons. The van der Waals surface area contributed by atoms with E-state index in [1.807, 2.05) is 42.1 Å². The van der Waals surface area contributed by atoms with Crippen LogP contribution in [0.2, 0.25) is 10.0 Å². The molecule has 4 nitrogen and oxygen atoms in total. The molecule has 2 aromatic carbocycles. The van der Waals surface area contributed by atoms with Crippen LogP contribution in [0.25, 0.3) is 10.9 Å². The number of para-hydroxylation sites is 2. The monoisotopic (exact) mass is 372 g/mol. The molecule has 0 unspecified atom stereocenters. The summed E-state index contributed by atoms with van der Waals surface area (Å²) in [7, 11) is 1.93. The predicted molar refractivity (Wildman–Crippen MR) is 99.2 cm³/mol. The zero-order valence-electron chi connectivity index (χ0n) is 13.4. The molecule has 0 radical (unpaired) electrons. The van der Waals surface area contributed by atoms with E-state index in [1.165, 1.54) is 0 Å². The normalized spacial score (nSPS) is 17.7. The number of halogens is 2. The number of benzene rings is 2. The highest BCUT2D eigenvalue weighted by Crippen LogP contribution is 2.41. The van der Waals surface area contributed by atoms with Gasteiger partial charge in [0.05, 0.1) is 21.7 Å². The Bertz CT molecular complexity index is 1010. The van der Waals surface area contributed by atoms with E-state index >= 15 is 0 Å². The Kier molecular flexibility index (Phi) is 3.82. The molecule has 0 bridgehead atoms. The third kappa shape index (κ3) is 2.44. The van der Waals surface area contributed by atoms with E-state index in [2.05, 4.69) is 0 Å². The number of rotatable bonds is 2. The maximum absolute atomic E-state index is 13.1. The molecule has 1 saturated heterocycles. The minimum Gasteiger partial charge on any atom is -0.350 e. The van der Waals surface area contributed by atoms with Crippen LogP contribution in [0, 0.1) is 0 Å². The molecule has 25 heavy (non-hydrogen) atoms. The SMILES string of the molecule is Cn1cc([C@@H]2CC(=O)N(c3c(Cl)cccc3Cl)C2=O)c2ccccc21. The lowest BCUT2D eigenvalue weighted by Crippen LogP contribution is -2.30. The van der Waals surface area contributed by atoms with Crippen LogP contribution in [-0.4, -0.2) is 16.4 Å². The number of amides is 2. The van der Waals surface area contributed by atoms with Crippen LogP contribution in [0.4, 0.5) is 5.69 Å². The Hall–Kier alpha value is -2.30. The van der Waals surface area contributed by atoms with Crippen LogP contribution in [0.15, 0.2) is 48.7 Å². The molecule has 6 heteroatoms. The largest absolute Gasteiger partial charge is 0.350 e. The number of aryl methyl sites for hydroxylation is 1. The minimum atomic E-state index is -0.536. The van der Waals surface area contributed by atoms with Gasteiger partial charge in [0, 0.05) is 30.6 Å². The van der Waals surface area contributed by atoms with Gasteiger partial charge in [-0.05, 0) is 23.8 Å². The second-order valence-corrected chi connectivity index (χ2v) is 6.92. The first-order chi connectivity index (χ1) is 12.0. The van der Waals surface area contributed by atoms with Gasteiger partial charge >= 0.3 is 0 Å². The second-order valence-electron chi connectivity index (χ2n) is 6.11. The Labute approximate surface area is 154 Å². The van der Waals surface area contributed by atoms with Crippen molar-refractivity contribution in [1.82, 2.24) is 4.57 Å². The van der Waals surface area contributed by atoms with Crippen LogP contribution in [0.1, 0.15) is 17.9 Å². The lowest BCUT2D eigenvalue weighted by Gasteiger charge is -2.17. The number of hydrogen-bond acceptors (Lipinski definition) is 2. The van der Waals surface area contributed by atoms with Gasteiger partial charge in [0.25, 0.3) is 0 Å². The quantitative estimate of drug-likeness (QED) is 0.620. The fraction of sp³-hybridized carbons (Fsp3) is 0.158. The topological polar surface area (TPSA) is 42.3 Å². The van der Waals surface area contributed by atoms with Gasteiger partial charge in [0.2, 0.25) is 11.8 Å². The Morgan fingerprint density at radius 3 is 2.40 bits per heavy atom. The van der Waals surface area contributed by atoms with E-state index in [0.29, 0.717) is 0 Å². The second kappa shape index (κ2) is 5.90. The predicted octanol–water partition coefficient (Wildman–Crippen LogP) is 4.53. The van der Waals surface area contributed by atoms with E-state index in [9.17, 15) is 9.59 Å². The minimum absolute atomic E-state index is 0.106. The van der Waals surface area contributed by atoms with Gasteiger partial charge in [-0.1, -0.05) is 47.5 Å². The van der Waals surface area contributed by atoms with Gasteiger partial charge in [-0.15, -0.1) is 0 Å². The summed E-state index contributed by atoms with van der Waals surface area (Å²) < 4.78 is 1.97. The van der Waals surface area contributed by atoms with Crippen molar-refractivity contribution in [3.8, 4) is 0 Å². The molecule has 0 aliphatic carbocycles. The molecule has 0 saturated carbocycles. The average molecular weight is 373 g/mol. The zero-order valence-corrected chi connectivity index (χ0v) is 14.9. The van der Waals surface area contributed by atoms with Crippen molar-refractivity contribution in [2.24, 2.45) is 7.05 Å². The number of carbonyl (C=O) groups is 2. The fourth-order valence-electron chi connectivity index (χ4n) is 3.46. The molecule has 2 heterocycles. The Balaban J connectivity index is 1.82. The summed E-state index contributed by atoms with van der Waals surface area (Å²) in [5.41, 5.74) is 2.14. The smallest absolute Gasteiger partial charge is 0.242 e. The number of anilines is 1. The van der Waals surface area contributed by atoms with Crippen LogP contribution >= 0.6 is 23.2 Å². The summed E-state index contributed by atoms with van der Waals surface area (Å²) in [6.07, 6.45) is 2.02. The van der Waals surface area contributed by atoms with Crippen molar-refractivity contribution in [1.29, 1.82) is 0 Å². The summed E-state index contributed by atoms with van der Waals surface area (Å²) in [6.45, 7) is 0. The molecule has 1 aliphatic rings. The number of imide groups is 1. The lowest BCUT2D eigenvalue weighted by molar-refractivity contribution is -0.121. The molecule has 0 spiro atoms. The molecule has 1 aliphatic heterocycles. The maximum atomic E-state index is 13.1. The van der Waals surface area contributed by atoms with Crippen molar-refractivity contribution in [2.45, 2.75) is 12.3 Å². The van der Waals surface area contributed by atoms with Crippen LogP contribution in [0.3, 0.4) is 0 Å². The molecular formula is C19H14Cl2N2O2. The molecule has 1 aromatic heterocycles. The summed E-state index contributed by atoms with van der Waals surface area (Å²) >= 11 is 12.4. The van der Waals surface area contributed by atoms with Crippen molar-refractivity contribution >= 4 is 51.6 Å². The Morgan fingerprint density at radius 2 is 1.68 bits per heavy atom. The third-order valence-electron chi connectivity index (χ3n) is 4.61. The first-order valence-electron chi connectivity index (χ1n) is 7.84. The van der Waals surface area contributed by atoms with Gasteiger partial charge in [-0.3, -0.25) is 9.59 Å². The van der Waals surface area contributed by atoms with Gasteiger partial charge in [0.1, 0.15) is 0 Å². The highest BCUT2D eigenvalue weighted by Gasteiger charge is 2.42. The van der Waals surface area contributed by atoms with E-state index in [1.54, 1.807) is 18.2 Å². The highest BCUT2D eigenvalue weighted by atomic mass is 35.5. The van der Waals surface area contributed by atoms with Gasteiger partial charge in [-0.25, -0.2) is 4.90 Å². The van der Waals surface area contributed by atoms with Crippen LogP contribution in [-0.2, 0) is 16.6 Å². The summed E-state index contributed by atoms with van der Waals surface area (Å²) in [6, 6.07) is 12.8. The lowest BCUT2D eigenvalue weighted by atomic mass is 9.97. The summed E-state index contributed by atoms with van der Waals surface area (Å²) in [4.78, 5) is 26.8. The van der Waals surface area contributed by atoms with Crippen molar-refractivity contribution in [3.63, 3.8) is 0 Å². The van der Waals surface area contributed by atoms with Crippen molar-refractivity contribution in [2.75, 3.05) is 4.90 Å². The van der Waals surface area contributed by atoms with E-state index in [4.69, 9.17) is 23.2 Å². The average Bonchev–Trinajstić information content (AvgIpc) is 3.06. The van der Waals surface area contributed by atoms with E-state index in [0.717, 1.165) is 21.4 Å². The maximum Gasteiger partial charge on any atom is 0.242 e. The zero-order chi connectivity index (χ0) is 17.7. The molecule has 3 aromatic rings. The first kappa shape index (κ1) is 16.2. The van der Waals surface area contributed by atoms with Crippen molar-refractivity contribution < 1.29 is 9.59 Å². The molecule has 0 N–H and O–H groups in total. The highest BCUT2D eigenvalue weighted by molar-refractivity contribution is 6.42. The number of nitrogens with zero attached hydrogens (tertiary/aromatic N) is 2. The standard InChI is InChI=1S/C19H14Cl2N2O2/c1-22-10-13(11-5-2-3-8-16(11)22)12-9-17(24)23(19(12)25)18-14(20)6-4-7-15(18)21/h2-8,10,12H,9H2,1H3/t12-/m0/s1. The molecular weight excluding hydrogens is 359 g/mol. The van der Waals surface area contributed by atoms with E-state index in [-0.39, 0.29) is 34.0 Å². The molecule has 1 fully saturated rings. The number of fused-ring (bicyclic) bond motifs is 1. The van der Waals surface area contributed by atoms with Gasteiger partial charge in [-0.2, -0.15) is 0 Å².